The second-order valence-corrected chi connectivity index (χ2v) is 2.77. The topological polar surface area (TPSA) is 64.1 Å². The Morgan fingerprint density at radius 2 is 2.43 bits per heavy atom. The zero-order valence-electron chi connectivity index (χ0n) is 8.28. The molecular weight excluding hydrogens is 182 g/mol. The number of methoxy groups -OCH3 is 1. The van der Waals surface area contributed by atoms with E-state index >= 15 is 0 Å². The molecule has 76 valence electrons. The Balaban J connectivity index is 2.52. The second kappa shape index (κ2) is 5.29. The lowest BCUT2D eigenvalue weighted by Crippen LogP contribution is -2.28. The van der Waals surface area contributed by atoms with E-state index in [1.54, 1.807) is 19.4 Å². The van der Waals surface area contributed by atoms with Gasteiger partial charge in [-0.1, -0.05) is 0 Å². The standard InChI is InChI=1S/C9H13N3O2/c1-7-3-4-10-8(12-7)9(13)11-5-6-14-2/h3-4H,5-6H2,1-2H3,(H,11,13). The number of amides is 1. The van der Waals surface area contributed by atoms with Gasteiger partial charge in [0.15, 0.2) is 0 Å². The van der Waals surface area contributed by atoms with Gasteiger partial charge in [0, 0.05) is 25.5 Å². The maximum Gasteiger partial charge on any atom is 0.289 e. The first-order chi connectivity index (χ1) is 6.74. The molecule has 0 unspecified atom stereocenters. The number of aryl methyl sites for hydroxylation is 1. The highest BCUT2D eigenvalue weighted by Crippen LogP contribution is 1.92. The first-order valence-corrected chi connectivity index (χ1v) is 4.31. The number of rotatable bonds is 4. The van der Waals surface area contributed by atoms with Crippen molar-refractivity contribution in [3.05, 3.63) is 23.8 Å². The van der Waals surface area contributed by atoms with Crippen molar-refractivity contribution < 1.29 is 9.53 Å². The van der Waals surface area contributed by atoms with E-state index in [2.05, 4.69) is 15.3 Å². The number of ether oxygens (including phenoxy) is 1. The Morgan fingerprint density at radius 1 is 1.64 bits per heavy atom. The summed E-state index contributed by atoms with van der Waals surface area (Å²) in [5.41, 5.74) is 0.775. The number of carbonyl (C=O) groups excluding carboxylic acids is 1. The maximum absolute atomic E-state index is 11.4. The average Bonchev–Trinajstić information content (AvgIpc) is 2.18. The number of hydrogen-bond donors (Lipinski definition) is 1. The molecule has 14 heavy (non-hydrogen) atoms. The van der Waals surface area contributed by atoms with Crippen LogP contribution >= 0.6 is 0 Å². The molecule has 0 atom stereocenters. The van der Waals surface area contributed by atoms with Gasteiger partial charge in [-0.3, -0.25) is 4.79 Å². The molecule has 0 saturated carbocycles. The Bertz CT molecular complexity index is 315. The van der Waals surface area contributed by atoms with E-state index in [9.17, 15) is 4.79 Å². The van der Waals surface area contributed by atoms with Crippen LogP contribution in [0.2, 0.25) is 0 Å². The summed E-state index contributed by atoms with van der Waals surface area (Å²) in [6, 6.07) is 1.74. The zero-order valence-corrected chi connectivity index (χ0v) is 8.28. The molecule has 0 spiro atoms. The van der Waals surface area contributed by atoms with E-state index in [1.165, 1.54) is 0 Å². The average molecular weight is 195 g/mol. The summed E-state index contributed by atoms with van der Waals surface area (Å²) in [6.45, 7) is 2.76. The van der Waals surface area contributed by atoms with Gasteiger partial charge >= 0.3 is 0 Å². The van der Waals surface area contributed by atoms with Crippen LogP contribution in [0, 0.1) is 6.92 Å². The van der Waals surface area contributed by atoms with E-state index in [1.807, 2.05) is 6.92 Å². The fraction of sp³-hybridized carbons (Fsp3) is 0.444. The van der Waals surface area contributed by atoms with Gasteiger partial charge in [0.25, 0.3) is 5.91 Å². The molecule has 1 N–H and O–H groups in total. The summed E-state index contributed by atoms with van der Waals surface area (Å²) in [7, 11) is 1.58. The molecule has 0 aliphatic carbocycles. The van der Waals surface area contributed by atoms with E-state index in [-0.39, 0.29) is 11.7 Å². The third kappa shape index (κ3) is 3.10. The SMILES string of the molecule is COCCNC(=O)c1nccc(C)n1. The van der Waals surface area contributed by atoms with Gasteiger partial charge in [-0.2, -0.15) is 0 Å². The van der Waals surface area contributed by atoms with Gasteiger partial charge in [0.2, 0.25) is 5.82 Å². The molecule has 0 radical (unpaired) electrons. The molecule has 0 aromatic carbocycles. The van der Waals surface area contributed by atoms with Gasteiger partial charge in [-0.15, -0.1) is 0 Å². The Labute approximate surface area is 82.5 Å². The van der Waals surface area contributed by atoms with Crippen LogP contribution in [0.15, 0.2) is 12.3 Å². The Morgan fingerprint density at radius 3 is 3.07 bits per heavy atom. The van der Waals surface area contributed by atoms with Crippen molar-refractivity contribution in [1.29, 1.82) is 0 Å². The van der Waals surface area contributed by atoms with Gasteiger partial charge in [0.1, 0.15) is 0 Å². The maximum atomic E-state index is 11.4. The fourth-order valence-corrected chi connectivity index (χ4v) is 0.904. The first-order valence-electron chi connectivity index (χ1n) is 4.31. The van der Waals surface area contributed by atoms with Crippen LogP contribution in [0.4, 0.5) is 0 Å². The van der Waals surface area contributed by atoms with Gasteiger partial charge < -0.3 is 10.1 Å². The first kappa shape index (κ1) is 10.6. The molecule has 1 aromatic heterocycles. The smallest absolute Gasteiger partial charge is 0.289 e. The van der Waals surface area contributed by atoms with Gasteiger partial charge in [-0.25, -0.2) is 9.97 Å². The summed E-state index contributed by atoms with van der Waals surface area (Å²) in [5.74, 6) is -0.0770. The predicted molar refractivity (Wildman–Crippen MR) is 51.0 cm³/mol. The van der Waals surface area contributed by atoms with Crippen LogP contribution in [0.25, 0.3) is 0 Å². The fourth-order valence-electron chi connectivity index (χ4n) is 0.904. The Hall–Kier alpha value is -1.49. The summed E-state index contributed by atoms with van der Waals surface area (Å²) in [5, 5.41) is 2.64. The van der Waals surface area contributed by atoms with Crippen molar-refractivity contribution in [2.24, 2.45) is 0 Å². The number of hydrogen-bond acceptors (Lipinski definition) is 4. The van der Waals surface area contributed by atoms with Crippen LogP contribution in [0.1, 0.15) is 16.3 Å². The van der Waals surface area contributed by atoms with E-state index in [4.69, 9.17) is 4.74 Å². The normalized spacial score (nSPS) is 9.86. The third-order valence-electron chi connectivity index (χ3n) is 1.59. The predicted octanol–water partition coefficient (Wildman–Crippen LogP) is 0.161. The lowest BCUT2D eigenvalue weighted by atomic mass is 10.4. The van der Waals surface area contributed by atoms with Crippen molar-refractivity contribution in [3.8, 4) is 0 Å². The number of aromatic nitrogens is 2. The van der Waals surface area contributed by atoms with Crippen LogP contribution in [0.5, 0.6) is 0 Å². The minimum atomic E-state index is -0.272. The molecule has 1 amide bonds. The summed E-state index contributed by atoms with van der Waals surface area (Å²) in [6.07, 6.45) is 1.56. The monoisotopic (exact) mass is 195 g/mol. The van der Waals surface area contributed by atoms with Crippen molar-refractivity contribution in [2.45, 2.75) is 6.92 Å². The van der Waals surface area contributed by atoms with Crippen molar-refractivity contribution in [3.63, 3.8) is 0 Å². The minimum Gasteiger partial charge on any atom is -0.383 e. The lowest BCUT2D eigenvalue weighted by Gasteiger charge is -2.02. The van der Waals surface area contributed by atoms with Crippen molar-refractivity contribution in [1.82, 2.24) is 15.3 Å². The molecule has 0 bridgehead atoms. The second-order valence-electron chi connectivity index (χ2n) is 2.77. The number of carbonyl (C=O) groups is 1. The highest BCUT2D eigenvalue weighted by molar-refractivity contribution is 5.90. The third-order valence-corrected chi connectivity index (χ3v) is 1.59. The van der Waals surface area contributed by atoms with Crippen molar-refractivity contribution >= 4 is 5.91 Å². The van der Waals surface area contributed by atoms with E-state index in [0.29, 0.717) is 13.2 Å². The minimum absolute atomic E-state index is 0.195. The quantitative estimate of drug-likeness (QED) is 0.695. The van der Waals surface area contributed by atoms with Crippen LogP contribution in [-0.4, -0.2) is 36.1 Å². The largest absolute Gasteiger partial charge is 0.383 e. The van der Waals surface area contributed by atoms with Crippen LogP contribution < -0.4 is 5.32 Å². The van der Waals surface area contributed by atoms with Crippen LogP contribution in [0.3, 0.4) is 0 Å². The lowest BCUT2D eigenvalue weighted by molar-refractivity contribution is 0.0926. The molecule has 5 nitrogen and oxygen atoms in total. The molecule has 0 fully saturated rings. The highest BCUT2D eigenvalue weighted by Gasteiger charge is 2.07. The van der Waals surface area contributed by atoms with E-state index < -0.39 is 0 Å². The summed E-state index contributed by atoms with van der Waals surface area (Å²) < 4.78 is 4.80. The molecule has 1 heterocycles. The van der Waals surface area contributed by atoms with E-state index in [0.717, 1.165) is 5.69 Å². The molecule has 1 aromatic rings. The van der Waals surface area contributed by atoms with Crippen molar-refractivity contribution in [2.75, 3.05) is 20.3 Å². The molecule has 1 rings (SSSR count). The molecule has 0 aliphatic heterocycles. The summed E-state index contributed by atoms with van der Waals surface area (Å²) in [4.78, 5) is 19.2. The zero-order chi connectivity index (χ0) is 10.4. The molecule has 5 heteroatoms. The number of nitrogens with zero attached hydrogens (tertiary/aromatic N) is 2. The van der Waals surface area contributed by atoms with Gasteiger partial charge in [0.05, 0.1) is 6.61 Å². The highest BCUT2D eigenvalue weighted by atomic mass is 16.5. The van der Waals surface area contributed by atoms with Crippen LogP contribution in [-0.2, 0) is 4.74 Å². The molecular formula is C9H13N3O2. The van der Waals surface area contributed by atoms with Gasteiger partial charge in [-0.05, 0) is 13.0 Å². The number of nitrogens with one attached hydrogen (secondary N) is 1. The summed E-state index contributed by atoms with van der Waals surface area (Å²) >= 11 is 0. The Kier molecular flexibility index (Phi) is 4.00. The molecule has 0 aliphatic rings. The molecule has 0 saturated heterocycles.